The molecule has 0 saturated heterocycles. The summed E-state index contributed by atoms with van der Waals surface area (Å²) in [5.74, 6) is -0.149. The van der Waals surface area contributed by atoms with Crippen LogP contribution in [0.15, 0.2) is 46.0 Å². The fraction of sp³-hybridized carbons (Fsp3) is 0.211. The van der Waals surface area contributed by atoms with Crippen LogP contribution in [0.3, 0.4) is 0 Å². The molecule has 0 bridgehead atoms. The van der Waals surface area contributed by atoms with Gasteiger partial charge in [0.05, 0.1) is 23.4 Å². The number of hydrogen-bond acceptors (Lipinski definition) is 5. The second-order valence-corrected chi connectivity index (χ2v) is 6.44. The normalized spacial score (nSPS) is 10.6. The maximum Gasteiger partial charge on any atom is 0.337 e. The quantitative estimate of drug-likeness (QED) is 0.443. The number of ether oxygens (including phenoxy) is 2. The van der Waals surface area contributed by atoms with Crippen molar-refractivity contribution >= 4 is 34.0 Å². The van der Waals surface area contributed by atoms with E-state index in [1.807, 2.05) is 26.0 Å². The Kier molecular flexibility index (Phi) is 6.91. The van der Waals surface area contributed by atoms with Crippen molar-refractivity contribution in [2.75, 3.05) is 13.7 Å². The number of carbonyl (C=O) groups is 2. The van der Waals surface area contributed by atoms with Crippen molar-refractivity contribution in [1.29, 1.82) is 0 Å². The lowest BCUT2D eigenvalue weighted by Crippen LogP contribution is -2.24. The highest BCUT2D eigenvalue weighted by atomic mass is 79.9. The van der Waals surface area contributed by atoms with E-state index in [4.69, 9.17) is 4.74 Å². The number of benzene rings is 2. The van der Waals surface area contributed by atoms with E-state index >= 15 is 0 Å². The van der Waals surface area contributed by atoms with Crippen LogP contribution < -0.4 is 10.2 Å². The van der Waals surface area contributed by atoms with Gasteiger partial charge in [-0.1, -0.05) is 18.2 Å². The zero-order valence-corrected chi connectivity index (χ0v) is 16.3. The van der Waals surface area contributed by atoms with Crippen LogP contribution in [0.5, 0.6) is 5.75 Å². The van der Waals surface area contributed by atoms with Crippen molar-refractivity contribution in [3.05, 3.63) is 63.1 Å². The highest BCUT2D eigenvalue weighted by Gasteiger charge is 2.09. The topological polar surface area (TPSA) is 77.0 Å². The molecule has 2 aromatic rings. The molecule has 6 nitrogen and oxygen atoms in total. The van der Waals surface area contributed by atoms with Gasteiger partial charge in [-0.25, -0.2) is 10.2 Å². The molecule has 0 unspecified atom stereocenters. The van der Waals surface area contributed by atoms with Crippen LogP contribution in [0, 0.1) is 13.8 Å². The van der Waals surface area contributed by atoms with Crippen molar-refractivity contribution < 1.29 is 19.1 Å². The average Bonchev–Trinajstić information content (AvgIpc) is 2.60. The van der Waals surface area contributed by atoms with Crippen LogP contribution in [0.25, 0.3) is 0 Å². The molecule has 1 amide bonds. The zero-order chi connectivity index (χ0) is 19.1. The molecule has 0 radical (unpaired) electrons. The number of nitrogens with one attached hydrogen (secondary N) is 1. The Morgan fingerprint density at radius 1 is 1.19 bits per heavy atom. The maximum atomic E-state index is 11.9. The predicted octanol–water partition coefficient (Wildman–Crippen LogP) is 3.38. The van der Waals surface area contributed by atoms with Gasteiger partial charge in [0.15, 0.2) is 6.61 Å². The molecule has 0 aliphatic heterocycles. The summed E-state index contributed by atoms with van der Waals surface area (Å²) in [6.45, 7) is 3.75. The van der Waals surface area contributed by atoms with E-state index in [1.165, 1.54) is 13.3 Å². The summed E-state index contributed by atoms with van der Waals surface area (Å²) in [5.41, 5.74) is 5.63. The molecule has 0 spiro atoms. The Morgan fingerprint density at radius 3 is 2.50 bits per heavy atom. The van der Waals surface area contributed by atoms with Crippen molar-refractivity contribution in [2.24, 2.45) is 5.10 Å². The van der Waals surface area contributed by atoms with Gasteiger partial charge in [-0.05, 0) is 64.7 Å². The van der Waals surface area contributed by atoms with Crippen molar-refractivity contribution in [3.63, 3.8) is 0 Å². The zero-order valence-electron chi connectivity index (χ0n) is 14.7. The summed E-state index contributed by atoms with van der Waals surface area (Å²) in [5, 5.41) is 3.88. The predicted molar refractivity (Wildman–Crippen MR) is 103 cm³/mol. The number of carbonyl (C=O) groups excluding carboxylic acids is 2. The minimum atomic E-state index is -0.406. The monoisotopic (exact) mass is 418 g/mol. The first-order valence-electron chi connectivity index (χ1n) is 7.80. The second-order valence-electron chi connectivity index (χ2n) is 5.59. The minimum Gasteiger partial charge on any atom is -0.482 e. The van der Waals surface area contributed by atoms with E-state index in [0.29, 0.717) is 11.3 Å². The van der Waals surface area contributed by atoms with Crippen LogP contribution in [0.2, 0.25) is 0 Å². The van der Waals surface area contributed by atoms with E-state index in [1.54, 1.807) is 24.3 Å². The number of hydrazone groups is 1. The smallest absolute Gasteiger partial charge is 0.337 e. The van der Waals surface area contributed by atoms with E-state index < -0.39 is 5.97 Å². The van der Waals surface area contributed by atoms with Gasteiger partial charge < -0.3 is 9.47 Å². The molecule has 1 N–H and O–H groups in total. The van der Waals surface area contributed by atoms with Crippen molar-refractivity contribution in [1.82, 2.24) is 5.43 Å². The third-order valence-electron chi connectivity index (χ3n) is 3.46. The van der Waals surface area contributed by atoms with Crippen LogP contribution >= 0.6 is 15.9 Å². The molecule has 136 valence electrons. The molecule has 0 aliphatic carbocycles. The average molecular weight is 419 g/mol. The van der Waals surface area contributed by atoms with E-state index in [2.05, 4.69) is 31.2 Å². The molecule has 26 heavy (non-hydrogen) atoms. The molecule has 7 heteroatoms. The summed E-state index contributed by atoms with van der Waals surface area (Å²) in [7, 11) is 1.33. The lowest BCUT2D eigenvalue weighted by Gasteiger charge is -2.11. The van der Waals surface area contributed by atoms with E-state index in [9.17, 15) is 9.59 Å². The van der Waals surface area contributed by atoms with E-state index in [-0.39, 0.29) is 12.5 Å². The highest BCUT2D eigenvalue weighted by Crippen LogP contribution is 2.30. The largest absolute Gasteiger partial charge is 0.482 e. The molecule has 0 saturated carbocycles. The third-order valence-corrected chi connectivity index (χ3v) is 4.04. The number of nitrogens with zero attached hydrogens (tertiary/aromatic N) is 1. The number of esters is 1. The first-order valence-corrected chi connectivity index (χ1v) is 8.60. The van der Waals surface area contributed by atoms with Crippen LogP contribution in [-0.2, 0) is 9.53 Å². The van der Waals surface area contributed by atoms with Gasteiger partial charge in [0.1, 0.15) is 5.75 Å². The first kappa shape index (κ1) is 19.7. The van der Waals surface area contributed by atoms with Gasteiger partial charge in [-0.2, -0.15) is 5.10 Å². The summed E-state index contributed by atoms with van der Waals surface area (Å²) in [4.78, 5) is 23.2. The number of aryl methyl sites for hydroxylation is 2. The summed E-state index contributed by atoms with van der Waals surface area (Å²) >= 11 is 3.43. The molecule has 0 heterocycles. The van der Waals surface area contributed by atoms with Crippen molar-refractivity contribution in [3.8, 4) is 5.75 Å². The van der Waals surface area contributed by atoms with Gasteiger partial charge in [-0.15, -0.1) is 0 Å². The molecule has 2 rings (SSSR count). The molecule has 0 aromatic heterocycles. The minimum absolute atomic E-state index is 0.152. The van der Waals surface area contributed by atoms with Gasteiger partial charge in [0.25, 0.3) is 5.91 Å². The Labute approximate surface area is 160 Å². The van der Waals surface area contributed by atoms with Crippen molar-refractivity contribution in [2.45, 2.75) is 13.8 Å². The Balaban J connectivity index is 1.87. The highest BCUT2D eigenvalue weighted by molar-refractivity contribution is 9.10. The van der Waals surface area contributed by atoms with Crippen LogP contribution in [0.4, 0.5) is 0 Å². The molecule has 0 fully saturated rings. The number of hydrogen-bond donors (Lipinski definition) is 1. The Hall–Kier alpha value is -2.67. The van der Waals surface area contributed by atoms with Crippen LogP contribution in [0.1, 0.15) is 27.0 Å². The SMILES string of the molecule is COC(=O)c1ccc(C=NNC(=O)COc2c(C)cc(C)cc2Br)cc1. The number of amides is 1. The first-order chi connectivity index (χ1) is 12.4. The lowest BCUT2D eigenvalue weighted by atomic mass is 10.1. The summed E-state index contributed by atoms with van der Waals surface area (Å²) in [6.07, 6.45) is 1.48. The standard InChI is InChI=1S/C19H19BrN2O4/c1-12-8-13(2)18(16(20)9-12)26-11-17(23)22-21-10-14-4-6-15(7-5-14)19(24)25-3/h4-10H,11H2,1-3H3,(H,22,23). The maximum absolute atomic E-state index is 11.9. The molecular formula is C19H19BrN2O4. The lowest BCUT2D eigenvalue weighted by molar-refractivity contribution is -0.123. The second kappa shape index (κ2) is 9.15. The molecule has 0 aliphatic rings. The van der Waals surface area contributed by atoms with Gasteiger partial charge in [-0.3, -0.25) is 4.79 Å². The fourth-order valence-corrected chi connectivity index (χ4v) is 3.05. The third kappa shape index (κ3) is 5.42. The van der Waals surface area contributed by atoms with Gasteiger partial charge >= 0.3 is 5.97 Å². The van der Waals surface area contributed by atoms with Crippen LogP contribution in [-0.4, -0.2) is 31.8 Å². The molecular weight excluding hydrogens is 400 g/mol. The van der Waals surface area contributed by atoms with E-state index in [0.717, 1.165) is 21.2 Å². The number of rotatable bonds is 6. The number of halogens is 1. The van der Waals surface area contributed by atoms with Gasteiger partial charge in [0.2, 0.25) is 0 Å². The Bertz CT molecular complexity index is 809. The summed E-state index contributed by atoms with van der Waals surface area (Å²) in [6, 6.07) is 10.5. The molecule has 0 atom stereocenters. The number of methoxy groups -OCH3 is 1. The Morgan fingerprint density at radius 2 is 1.88 bits per heavy atom. The fourth-order valence-electron chi connectivity index (χ4n) is 2.26. The van der Waals surface area contributed by atoms with Gasteiger partial charge in [0, 0.05) is 0 Å². The molecule has 2 aromatic carbocycles. The summed E-state index contributed by atoms with van der Waals surface area (Å²) < 4.78 is 11.0.